The lowest BCUT2D eigenvalue weighted by Crippen LogP contribution is -2.58. The number of benzene rings is 3. The minimum atomic E-state index is -1.72. The van der Waals surface area contributed by atoms with Crippen molar-refractivity contribution >= 4 is 17.5 Å². The van der Waals surface area contributed by atoms with E-state index in [1.165, 1.54) is 25.1 Å². The normalized spacial score (nSPS) is 22.9. The van der Waals surface area contributed by atoms with Crippen LogP contribution < -0.4 is 20.9 Å². The van der Waals surface area contributed by atoms with Crippen molar-refractivity contribution in [1.82, 2.24) is 0 Å². The minimum absolute atomic E-state index is 0.00826. The summed E-state index contributed by atoms with van der Waals surface area (Å²) in [5.74, 6) is -3.02. The maximum Gasteiger partial charge on any atom is 0.308 e. The highest BCUT2D eigenvalue weighted by molar-refractivity contribution is 6.30. The summed E-state index contributed by atoms with van der Waals surface area (Å²) in [5, 5.41) is 52.7. The van der Waals surface area contributed by atoms with Crippen molar-refractivity contribution in [3.63, 3.8) is 0 Å². The lowest BCUT2D eigenvalue weighted by atomic mass is 9.79. The van der Waals surface area contributed by atoms with Gasteiger partial charge in [0.1, 0.15) is 35.6 Å². The summed E-state index contributed by atoms with van der Waals surface area (Å²) in [5.41, 5.74) is 11.9. The van der Waals surface area contributed by atoms with Gasteiger partial charge in [-0.15, -0.1) is 0 Å². The molecule has 1 aliphatic heterocycles. The topological polar surface area (TPSA) is 232 Å². The average molecular weight is 609 g/mol. The molecule has 0 bridgehead atoms. The highest BCUT2D eigenvalue weighted by Gasteiger charge is 2.44. The highest BCUT2D eigenvalue weighted by atomic mass is 16.7. The molecular weight excluding hydrogens is 576 g/mol. The monoisotopic (exact) mass is 608 g/mol. The molecule has 1 saturated heterocycles. The first-order valence-corrected chi connectivity index (χ1v) is 13.7. The lowest BCUT2D eigenvalue weighted by molar-refractivity contribution is -0.268. The molecular formula is C31H32N2O11. The predicted molar refractivity (Wildman–Crippen MR) is 152 cm³/mol. The Morgan fingerprint density at radius 3 is 2.34 bits per heavy atom. The number of ether oxygens (including phenoxy) is 3. The minimum Gasteiger partial charge on any atom is -0.507 e. The first kappa shape index (κ1) is 31.2. The number of ketones is 2. The van der Waals surface area contributed by atoms with Crippen LogP contribution in [0, 0.1) is 0 Å². The number of hydrogen-bond acceptors (Lipinski definition) is 13. The summed E-state index contributed by atoms with van der Waals surface area (Å²) >= 11 is 0. The molecule has 3 aromatic carbocycles. The molecule has 3 aromatic rings. The number of carbonyl (C=O) groups excluding carboxylic acids is 3. The van der Waals surface area contributed by atoms with E-state index in [9.17, 15) is 39.9 Å². The number of carbonyl (C=O) groups is 3. The number of hydrogen-bond donors (Lipinski definition) is 7. The van der Waals surface area contributed by atoms with Gasteiger partial charge in [-0.2, -0.15) is 0 Å². The molecule has 0 saturated carbocycles. The van der Waals surface area contributed by atoms with E-state index < -0.39 is 66.8 Å². The van der Waals surface area contributed by atoms with E-state index in [4.69, 9.17) is 25.7 Å². The zero-order valence-electron chi connectivity index (χ0n) is 23.8. The Balaban J connectivity index is 1.68. The second-order valence-corrected chi connectivity index (χ2v) is 10.8. The largest absolute Gasteiger partial charge is 0.507 e. The van der Waals surface area contributed by atoms with Gasteiger partial charge < -0.3 is 51.2 Å². The number of rotatable bonds is 7. The zero-order chi connectivity index (χ0) is 32.0. The third-order valence-corrected chi connectivity index (χ3v) is 7.70. The van der Waals surface area contributed by atoms with E-state index in [1.54, 1.807) is 24.3 Å². The standard InChI is InChI=1S/C31H32N2O11/c1-12-24(36)28(40)29(41)31(42-12)44-21-10-20-23(26(38)18(21)7-14-4-3-5-15(6-14)30(32)33)27(39)22-16(11-34)8-17(43-13(2)35)9-19(22)25(20)37/h3-6,8-10,12,24,28-31,34,36,38,40-41H,7,11,32-33H2,1-2H3. The Morgan fingerprint density at radius 2 is 1.68 bits per heavy atom. The Hall–Kier alpha value is -4.21. The maximum absolute atomic E-state index is 13.9. The summed E-state index contributed by atoms with van der Waals surface area (Å²) < 4.78 is 16.6. The fraction of sp³-hybridized carbons (Fsp3) is 0.323. The van der Waals surface area contributed by atoms with Crippen LogP contribution in [-0.4, -0.2) is 73.8 Å². The van der Waals surface area contributed by atoms with E-state index in [1.807, 2.05) is 0 Å². The molecule has 0 amide bonds. The number of esters is 1. The lowest BCUT2D eigenvalue weighted by Gasteiger charge is -2.39. The third-order valence-electron chi connectivity index (χ3n) is 7.70. The molecule has 1 aliphatic carbocycles. The third kappa shape index (κ3) is 5.57. The number of nitrogens with two attached hydrogens (primary N) is 2. The Kier molecular flexibility index (Phi) is 8.55. The van der Waals surface area contributed by atoms with Gasteiger partial charge in [0.05, 0.1) is 24.4 Å². The van der Waals surface area contributed by atoms with Gasteiger partial charge in [-0.25, -0.2) is 0 Å². The van der Waals surface area contributed by atoms with Gasteiger partial charge in [-0.05, 0) is 41.8 Å². The second-order valence-electron chi connectivity index (χ2n) is 10.8. The van der Waals surface area contributed by atoms with Crippen LogP contribution in [0.15, 0.2) is 42.5 Å². The molecule has 0 radical (unpaired) electrons. The summed E-state index contributed by atoms with van der Waals surface area (Å²) in [7, 11) is 0. The molecule has 44 heavy (non-hydrogen) atoms. The van der Waals surface area contributed by atoms with Crippen molar-refractivity contribution in [3.05, 3.63) is 87.0 Å². The van der Waals surface area contributed by atoms with Gasteiger partial charge in [0.25, 0.3) is 0 Å². The van der Waals surface area contributed by atoms with E-state index in [0.717, 1.165) is 6.92 Å². The van der Waals surface area contributed by atoms with Crippen molar-refractivity contribution in [3.8, 4) is 17.2 Å². The molecule has 13 nitrogen and oxygen atoms in total. The Bertz CT molecular complexity index is 1650. The summed E-state index contributed by atoms with van der Waals surface area (Å²) in [6, 6.07) is 10.5. The number of aromatic hydroxyl groups is 1. The van der Waals surface area contributed by atoms with Crippen LogP contribution in [0.25, 0.3) is 0 Å². The summed E-state index contributed by atoms with van der Waals surface area (Å²) in [4.78, 5) is 39.3. The summed E-state index contributed by atoms with van der Waals surface area (Å²) in [6.45, 7) is 1.94. The van der Waals surface area contributed by atoms with Gasteiger partial charge in [-0.3, -0.25) is 14.4 Å². The zero-order valence-corrected chi connectivity index (χ0v) is 23.8. The smallest absolute Gasteiger partial charge is 0.308 e. The summed E-state index contributed by atoms with van der Waals surface area (Å²) in [6.07, 6.45) is -8.12. The fourth-order valence-corrected chi connectivity index (χ4v) is 5.46. The first-order valence-electron chi connectivity index (χ1n) is 13.7. The maximum atomic E-state index is 13.9. The number of phenolic OH excluding ortho intramolecular Hbond substituents is 1. The number of fused-ring (bicyclic) bond motifs is 2. The van der Waals surface area contributed by atoms with Crippen LogP contribution in [0.3, 0.4) is 0 Å². The molecule has 1 fully saturated rings. The molecule has 5 rings (SSSR count). The van der Waals surface area contributed by atoms with Crippen LogP contribution in [-0.2, 0) is 22.6 Å². The first-order chi connectivity index (χ1) is 20.8. The van der Waals surface area contributed by atoms with Crippen molar-refractivity contribution in [2.45, 2.75) is 63.7 Å². The van der Waals surface area contributed by atoms with Crippen molar-refractivity contribution in [2.24, 2.45) is 11.5 Å². The molecule has 232 valence electrons. The van der Waals surface area contributed by atoms with E-state index >= 15 is 0 Å². The van der Waals surface area contributed by atoms with Crippen molar-refractivity contribution in [2.75, 3.05) is 0 Å². The average Bonchev–Trinajstić information content (AvgIpc) is 2.98. The number of aliphatic hydroxyl groups excluding tert-OH is 4. The number of aliphatic hydroxyl groups is 4. The van der Waals surface area contributed by atoms with Gasteiger partial charge in [0.2, 0.25) is 6.29 Å². The van der Waals surface area contributed by atoms with Crippen LogP contribution in [0.1, 0.15) is 74.1 Å². The van der Waals surface area contributed by atoms with E-state index in [2.05, 4.69) is 0 Å². The fourth-order valence-electron chi connectivity index (χ4n) is 5.46. The quantitative estimate of drug-likeness (QED) is 0.0851. The van der Waals surface area contributed by atoms with Crippen LogP contribution in [0.4, 0.5) is 0 Å². The highest BCUT2D eigenvalue weighted by Crippen LogP contribution is 2.43. The predicted octanol–water partition coefficient (Wildman–Crippen LogP) is 0.298. The van der Waals surface area contributed by atoms with Crippen LogP contribution in [0.2, 0.25) is 0 Å². The molecule has 1 heterocycles. The molecule has 9 N–H and O–H groups in total. The molecule has 13 heteroatoms. The van der Waals surface area contributed by atoms with Gasteiger partial charge in [-0.1, -0.05) is 24.3 Å². The van der Waals surface area contributed by atoms with Crippen molar-refractivity contribution < 1.29 is 54.1 Å². The van der Waals surface area contributed by atoms with Crippen molar-refractivity contribution in [1.29, 1.82) is 0 Å². The Labute approximate surface area is 251 Å². The van der Waals surface area contributed by atoms with Gasteiger partial charge in [0.15, 0.2) is 11.6 Å². The number of phenols is 1. The van der Waals surface area contributed by atoms with Gasteiger partial charge in [0, 0.05) is 35.6 Å². The van der Waals surface area contributed by atoms with Crippen LogP contribution >= 0.6 is 0 Å². The van der Waals surface area contributed by atoms with Gasteiger partial charge >= 0.3 is 5.97 Å². The molecule has 0 aromatic heterocycles. The molecule has 2 aliphatic rings. The SMILES string of the molecule is CC(=O)Oc1cc(CO)c2c(c1)C(=O)c1cc(OC3OC(C)C(O)C(O)C3O)c(Cc3cccc(C(N)N)c3)c(O)c1C2=O. The van der Waals surface area contributed by atoms with Crippen LogP contribution in [0.5, 0.6) is 17.2 Å². The molecule has 0 spiro atoms. The molecule has 5 unspecified atom stereocenters. The second kappa shape index (κ2) is 12.1. The van der Waals surface area contributed by atoms with E-state index in [-0.39, 0.29) is 51.3 Å². The molecule has 5 atom stereocenters. The van der Waals surface area contributed by atoms with E-state index in [0.29, 0.717) is 11.1 Å². The Morgan fingerprint density at radius 1 is 0.977 bits per heavy atom.